The quantitative estimate of drug-likeness (QED) is 0.0826. The predicted molar refractivity (Wildman–Crippen MR) is 239 cm³/mol. The molecule has 62 heavy (non-hydrogen) atoms. The van der Waals surface area contributed by atoms with Crippen molar-refractivity contribution < 1.29 is 27.7 Å². The number of anilines is 2. The Kier molecular flexibility index (Phi) is 12.2. The molecule has 3 aliphatic carbocycles. The van der Waals surface area contributed by atoms with Crippen LogP contribution in [0.15, 0.2) is 59.8 Å². The number of hydrogen-bond donors (Lipinski definition) is 1. The van der Waals surface area contributed by atoms with Gasteiger partial charge >= 0.3 is 13.9 Å². The second kappa shape index (κ2) is 16.7. The molecule has 0 spiro atoms. The largest absolute Gasteiger partial charge is 0.475 e. The van der Waals surface area contributed by atoms with Crippen LogP contribution in [-0.4, -0.2) is 61.6 Å². The molecule has 3 heterocycles. The third-order valence-electron chi connectivity index (χ3n) is 10.8. The first-order chi connectivity index (χ1) is 29.0. The van der Waals surface area contributed by atoms with E-state index >= 15 is 4.79 Å². The van der Waals surface area contributed by atoms with Gasteiger partial charge in [0.25, 0.3) is 5.56 Å². The summed E-state index contributed by atoms with van der Waals surface area (Å²) in [6.07, 6.45) is 7.42. The van der Waals surface area contributed by atoms with E-state index in [1.807, 2.05) is 23.0 Å². The number of nitrogens with zero attached hydrogens (tertiary/aromatic N) is 7. The molecule has 330 valence electrons. The van der Waals surface area contributed by atoms with Gasteiger partial charge in [0.15, 0.2) is 0 Å². The van der Waals surface area contributed by atoms with Gasteiger partial charge < -0.3 is 14.6 Å². The lowest BCUT2D eigenvalue weighted by molar-refractivity contribution is -0.0989. The molecular weight excluding hydrogens is 831 g/mol. The van der Waals surface area contributed by atoms with E-state index in [9.17, 15) is 14.6 Å². The Morgan fingerprint density at radius 1 is 1.03 bits per heavy atom. The average molecular weight is 887 g/mol. The minimum atomic E-state index is -4.03. The molecular formula is C45H56ClN8O7P. The number of aromatic nitrogens is 5. The van der Waals surface area contributed by atoms with E-state index in [0.717, 1.165) is 19.3 Å². The molecule has 3 fully saturated rings. The van der Waals surface area contributed by atoms with Crippen LogP contribution < -0.4 is 15.8 Å². The molecule has 2 bridgehead atoms. The molecule has 3 saturated carbocycles. The fourth-order valence-corrected chi connectivity index (χ4v) is 10.1. The first-order valence-corrected chi connectivity index (χ1v) is 22.7. The van der Waals surface area contributed by atoms with Crippen molar-refractivity contribution >= 4 is 58.6 Å². The van der Waals surface area contributed by atoms with Crippen LogP contribution in [-0.2, 0) is 35.5 Å². The number of hydrogen-bond acceptors (Lipinski definition) is 12. The highest BCUT2D eigenvalue weighted by Crippen LogP contribution is 2.62. The summed E-state index contributed by atoms with van der Waals surface area (Å²) in [5.74, 6) is 0.671. The number of phosphoric acid groups is 1. The molecule has 1 atom stereocenters. The van der Waals surface area contributed by atoms with Gasteiger partial charge in [0.2, 0.25) is 0 Å². The zero-order valence-electron chi connectivity index (χ0n) is 37.1. The van der Waals surface area contributed by atoms with Gasteiger partial charge in [-0.3, -0.25) is 28.2 Å². The highest BCUT2D eigenvalue weighted by atomic mass is 35.5. The number of aryl methyl sites for hydroxylation is 1. The van der Waals surface area contributed by atoms with Crippen LogP contribution in [0.2, 0.25) is 5.02 Å². The van der Waals surface area contributed by atoms with Crippen LogP contribution in [0, 0.1) is 22.7 Å². The summed E-state index contributed by atoms with van der Waals surface area (Å²) in [5, 5.41) is 24.8. The number of fused-ring (bicyclic) bond motifs is 2. The number of rotatable bonds is 14. The molecule has 0 aliphatic heterocycles. The lowest BCUT2D eigenvalue weighted by Crippen LogP contribution is -2.59. The summed E-state index contributed by atoms with van der Waals surface area (Å²) in [4.78, 5) is 34.6. The highest BCUT2D eigenvalue weighted by molar-refractivity contribution is 7.48. The van der Waals surface area contributed by atoms with Crippen LogP contribution in [0.4, 0.5) is 16.2 Å². The van der Waals surface area contributed by atoms with Crippen molar-refractivity contribution in [1.29, 1.82) is 5.26 Å². The number of pyridine rings is 2. The number of nitrogens with one attached hydrogen (secondary N) is 1. The minimum Gasteiger partial charge on any atom is -0.449 e. The lowest BCUT2D eigenvalue weighted by Gasteiger charge is -2.61. The van der Waals surface area contributed by atoms with E-state index in [4.69, 9.17) is 35.0 Å². The van der Waals surface area contributed by atoms with Gasteiger partial charge in [0, 0.05) is 43.2 Å². The van der Waals surface area contributed by atoms with E-state index in [-0.39, 0.29) is 41.2 Å². The standard InChI is InChI=1S/C45H56ClN8O7P/c1-42(2,3)27-49-37-29(24-47)25-48-38-34(37)19-30(20-35(38)46)54(41(56)58-17-12-18-59-62(57,60-43(4,5)6)61-44(7,8)9)39(36-26-53(51-50-36)45-21-28(22-45)23-45)32-13-11-14-33-31(32)15-16-52(10)40(33)55/h11,13-16,19-20,25-26,28,39H,12,17-18,21-23,27H2,1-10H3,(H,48,49). The Hall–Kier alpha value is -4.84. The summed E-state index contributed by atoms with van der Waals surface area (Å²) in [6, 6.07) is 11.9. The number of benzene rings is 2. The SMILES string of the molecule is Cn1ccc2c(C(c3cn(C45CC(C4)C5)nn3)N(C(=O)OCCCOP(=O)(OC(C)(C)C)OC(C)(C)C)c3cc(Cl)c4ncc(C#N)c(NCC(C)(C)C)c4c3)cccc2c1=O. The van der Waals surface area contributed by atoms with Gasteiger partial charge in [-0.25, -0.2) is 14.0 Å². The summed E-state index contributed by atoms with van der Waals surface area (Å²) in [7, 11) is -2.34. The van der Waals surface area contributed by atoms with Gasteiger partial charge in [-0.15, -0.1) is 5.10 Å². The van der Waals surface area contributed by atoms with Crippen molar-refractivity contribution in [2.75, 3.05) is 30.0 Å². The Bertz CT molecular complexity index is 2630. The topological polar surface area (TPSA) is 176 Å². The first kappa shape index (κ1) is 45.2. The highest BCUT2D eigenvalue weighted by Gasteiger charge is 2.59. The maximum Gasteiger partial charge on any atom is 0.475 e. The summed E-state index contributed by atoms with van der Waals surface area (Å²) >= 11 is 7.08. The van der Waals surface area contributed by atoms with Crippen molar-refractivity contribution in [3.8, 4) is 6.07 Å². The Morgan fingerprint density at radius 3 is 2.34 bits per heavy atom. The first-order valence-electron chi connectivity index (χ1n) is 20.9. The molecule has 1 unspecified atom stereocenters. The van der Waals surface area contributed by atoms with Gasteiger partial charge in [-0.1, -0.05) is 49.7 Å². The fraction of sp³-hybridized carbons (Fsp3) is 0.511. The second-order valence-corrected chi connectivity index (χ2v) is 21.6. The normalized spacial score (nSPS) is 18.2. The molecule has 1 amide bonds. The number of nitriles is 1. The summed E-state index contributed by atoms with van der Waals surface area (Å²) in [6.45, 7) is 17.0. The molecule has 3 aliphatic rings. The molecule has 0 saturated heterocycles. The monoisotopic (exact) mass is 886 g/mol. The summed E-state index contributed by atoms with van der Waals surface area (Å²) < 4.78 is 40.5. The number of phosphoric ester groups is 1. The van der Waals surface area contributed by atoms with E-state index in [0.29, 0.717) is 62.3 Å². The van der Waals surface area contributed by atoms with Gasteiger partial charge in [0.05, 0.1) is 63.6 Å². The Labute approximate surface area is 367 Å². The molecule has 0 radical (unpaired) electrons. The van der Waals surface area contributed by atoms with Gasteiger partial charge in [0.1, 0.15) is 17.8 Å². The van der Waals surface area contributed by atoms with Crippen molar-refractivity contribution in [2.45, 2.75) is 111 Å². The molecule has 8 rings (SSSR count). The van der Waals surface area contributed by atoms with Crippen LogP contribution in [0.3, 0.4) is 0 Å². The zero-order valence-corrected chi connectivity index (χ0v) is 38.8. The number of halogens is 1. The van der Waals surface area contributed by atoms with Crippen LogP contribution in [0.25, 0.3) is 21.7 Å². The number of amides is 1. The van der Waals surface area contributed by atoms with Gasteiger partial charge in [-0.2, -0.15) is 5.26 Å². The molecule has 17 heteroatoms. The van der Waals surface area contributed by atoms with Crippen LogP contribution >= 0.6 is 19.4 Å². The second-order valence-electron chi connectivity index (χ2n) is 19.7. The average Bonchev–Trinajstić information content (AvgIpc) is 3.59. The lowest BCUT2D eigenvalue weighted by atomic mass is 9.50. The van der Waals surface area contributed by atoms with E-state index in [1.165, 1.54) is 15.7 Å². The van der Waals surface area contributed by atoms with E-state index < -0.39 is 31.2 Å². The van der Waals surface area contributed by atoms with Crippen LogP contribution in [0.5, 0.6) is 0 Å². The zero-order chi connectivity index (χ0) is 45.0. The van der Waals surface area contributed by atoms with Crippen molar-refractivity contribution in [2.24, 2.45) is 18.4 Å². The molecule has 15 nitrogen and oxygen atoms in total. The van der Waals surface area contributed by atoms with Crippen molar-refractivity contribution in [3.63, 3.8) is 0 Å². The smallest absolute Gasteiger partial charge is 0.449 e. The summed E-state index contributed by atoms with van der Waals surface area (Å²) in [5.41, 5.74) is 0.438. The number of carbonyl (C=O) groups excluding carboxylic acids is 1. The van der Waals surface area contributed by atoms with Crippen LogP contribution in [0.1, 0.15) is 111 Å². The third kappa shape index (κ3) is 9.55. The Morgan fingerprint density at radius 2 is 1.73 bits per heavy atom. The number of carbonyl (C=O) groups is 1. The predicted octanol–water partition coefficient (Wildman–Crippen LogP) is 10.0. The Balaban J connectivity index is 1.34. The molecule has 3 aromatic heterocycles. The van der Waals surface area contributed by atoms with Crippen molar-refractivity contribution in [1.82, 2.24) is 24.5 Å². The molecule has 2 aromatic carbocycles. The number of ether oxygens (including phenoxy) is 1. The third-order valence-corrected chi connectivity index (χ3v) is 13.2. The maximum atomic E-state index is 15.0. The van der Waals surface area contributed by atoms with E-state index in [2.05, 4.69) is 42.4 Å². The van der Waals surface area contributed by atoms with Crippen molar-refractivity contribution in [3.05, 3.63) is 87.2 Å². The van der Waals surface area contributed by atoms with E-state index in [1.54, 1.807) is 79.1 Å². The maximum absolute atomic E-state index is 15.0. The molecule has 1 N–H and O–H groups in total. The molecule has 5 aromatic rings. The van der Waals surface area contributed by atoms with Gasteiger partial charge in [-0.05, 0) is 107 Å². The fourth-order valence-electron chi connectivity index (χ4n) is 8.00. The minimum absolute atomic E-state index is 0.114.